The molecule has 0 spiro atoms. The first-order valence-corrected chi connectivity index (χ1v) is 15.0. The number of likely N-dealkylation sites (tertiary alicyclic amines) is 1. The lowest BCUT2D eigenvalue weighted by Gasteiger charge is -2.17. The zero-order valence-corrected chi connectivity index (χ0v) is 21.5. The minimum atomic E-state index is -3.65. The number of nitrogens with zero attached hydrogens (tertiary/aromatic N) is 2. The van der Waals surface area contributed by atoms with Gasteiger partial charge in [0.2, 0.25) is 0 Å². The topological polar surface area (TPSA) is 105 Å². The maximum absolute atomic E-state index is 12.3. The van der Waals surface area contributed by atoms with Crippen LogP contribution in [-0.4, -0.2) is 65.7 Å². The molecule has 0 bridgehead atoms. The summed E-state index contributed by atoms with van der Waals surface area (Å²) >= 11 is 0. The standard InChI is InChI=1S/C25H32N2O5S2/c1-19-12-21(14-22(13-19)15-26)8-9-27-16-20(2)23(17-27)18-32-24-4-6-25(7-5-24)34(30,31)11-10-33(3,28)29/h4-7,12-14,20,23H,8-11,16-18H2,1-3H3/t20-,23+/m1/s1. The largest absolute Gasteiger partial charge is 0.493 e. The number of sulfone groups is 2. The fourth-order valence-electron chi connectivity index (χ4n) is 4.23. The van der Waals surface area contributed by atoms with Crippen molar-refractivity contribution >= 4 is 19.7 Å². The fraction of sp³-hybridized carbons (Fsp3) is 0.480. The number of benzene rings is 2. The molecule has 0 aromatic heterocycles. The van der Waals surface area contributed by atoms with Crippen LogP contribution in [0.2, 0.25) is 0 Å². The summed E-state index contributed by atoms with van der Waals surface area (Å²) in [6, 6.07) is 14.4. The normalized spacial score (nSPS) is 19.1. The zero-order chi connectivity index (χ0) is 24.9. The highest BCUT2D eigenvalue weighted by molar-refractivity contribution is 7.94. The third-order valence-electron chi connectivity index (χ3n) is 6.20. The van der Waals surface area contributed by atoms with Crippen molar-refractivity contribution < 1.29 is 21.6 Å². The van der Waals surface area contributed by atoms with E-state index in [1.807, 2.05) is 19.1 Å². The Morgan fingerprint density at radius 1 is 1.06 bits per heavy atom. The van der Waals surface area contributed by atoms with E-state index in [-0.39, 0.29) is 4.90 Å². The third-order valence-corrected chi connectivity index (χ3v) is 9.13. The van der Waals surface area contributed by atoms with Crippen molar-refractivity contribution in [3.05, 3.63) is 59.2 Å². The first kappa shape index (κ1) is 26.2. The molecule has 0 saturated carbocycles. The lowest BCUT2D eigenvalue weighted by molar-refractivity contribution is 0.225. The van der Waals surface area contributed by atoms with Gasteiger partial charge in [0.15, 0.2) is 9.84 Å². The van der Waals surface area contributed by atoms with Crippen LogP contribution in [0.4, 0.5) is 0 Å². The molecule has 7 nitrogen and oxygen atoms in total. The second kappa shape index (κ2) is 10.9. The number of aryl methyl sites for hydroxylation is 1. The van der Waals surface area contributed by atoms with Crippen molar-refractivity contribution in [3.63, 3.8) is 0 Å². The van der Waals surface area contributed by atoms with Gasteiger partial charge in [0, 0.05) is 31.8 Å². The van der Waals surface area contributed by atoms with Crippen LogP contribution >= 0.6 is 0 Å². The number of rotatable bonds is 10. The van der Waals surface area contributed by atoms with Gasteiger partial charge < -0.3 is 9.64 Å². The molecule has 1 saturated heterocycles. The molecular weight excluding hydrogens is 472 g/mol. The van der Waals surface area contributed by atoms with Crippen LogP contribution in [0.1, 0.15) is 23.6 Å². The fourth-order valence-corrected chi connectivity index (χ4v) is 7.10. The summed E-state index contributed by atoms with van der Waals surface area (Å²) in [7, 11) is -7.00. The molecule has 3 rings (SSSR count). The summed E-state index contributed by atoms with van der Waals surface area (Å²) in [6.07, 6.45) is 1.92. The van der Waals surface area contributed by atoms with Crippen LogP contribution in [0.25, 0.3) is 0 Å². The predicted molar refractivity (Wildman–Crippen MR) is 132 cm³/mol. The van der Waals surface area contributed by atoms with Gasteiger partial charge in [-0.2, -0.15) is 5.26 Å². The van der Waals surface area contributed by atoms with E-state index in [1.165, 1.54) is 17.7 Å². The van der Waals surface area contributed by atoms with E-state index in [2.05, 4.69) is 24.0 Å². The molecule has 0 radical (unpaired) electrons. The van der Waals surface area contributed by atoms with Gasteiger partial charge in [0.25, 0.3) is 0 Å². The molecule has 2 aromatic rings. The second-order valence-corrected chi connectivity index (χ2v) is 13.7. The maximum Gasteiger partial charge on any atom is 0.179 e. The Bertz CT molecular complexity index is 1250. The van der Waals surface area contributed by atoms with Crippen LogP contribution in [0.3, 0.4) is 0 Å². The summed E-state index contributed by atoms with van der Waals surface area (Å²) in [5, 5.41) is 9.17. The van der Waals surface area contributed by atoms with Crippen molar-refractivity contribution in [3.8, 4) is 11.8 Å². The van der Waals surface area contributed by atoms with Gasteiger partial charge in [-0.1, -0.05) is 13.0 Å². The monoisotopic (exact) mass is 504 g/mol. The average Bonchev–Trinajstić information content (AvgIpc) is 3.14. The lowest BCUT2D eigenvalue weighted by Crippen LogP contribution is -2.24. The second-order valence-electron chi connectivity index (χ2n) is 9.30. The highest BCUT2D eigenvalue weighted by Gasteiger charge is 2.29. The summed E-state index contributed by atoms with van der Waals surface area (Å²) in [5.74, 6) is 0.610. The van der Waals surface area contributed by atoms with E-state index >= 15 is 0 Å². The number of ether oxygens (including phenoxy) is 1. The number of nitriles is 1. The Balaban J connectivity index is 1.50. The van der Waals surface area contributed by atoms with Crippen LogP contribution in [-0.2, 0) is 26.1 Å². The third kappa shape index (κ3) is 7.55. The van der Waals surface area contributed by atoms with Gasteiger partial charge in [-0.15, -0.1) is 0 Å². The highest BCUT2D eigenvalue weighted by Crippen LogP contribution is 2.25. The molecular formula is C25H32N2O5S2. The Morgan fingerprint density at radius 2 is 1.76 bits per heavy atom. The highest BCUT2D eigenvalue weighted by atomic mass is 32.2. The zero-order valence-electron chi connectivity index (χ0n) is 19.9. The van der Waals surface area contributed by atoms with Gasteiger partial charge in [-0.3, -0.25) is 0 Å². The van der Waals surface area contributed by atoms with Gasteiger partial charge >= 0.3 is 0 Å². The minimum Gasteiger partial charge on any atom is -0.493 e. The summed E-state index contributed by atoms with van der Waals surface area (Å²) in [5.41, 5.74) is 2.98. The molecule has 2 atom stereocenters. The Kier molecular flexibility index (Phi) is 8.39. The first-order valence-electron chi connectivity index (χ1n) is 11.3. The van der Waals surface area contributed by atoms with Gasteiger partial charge in [0.05, 0.1) is 34.6 Å². The van der Waals surface area contributed by atoms with Crippen molar-refractivity contribution in [1.29, 1.82) is 5.26 Å². The van der Waals surface area contributed by atoms with Crippen LogP contribution in [0, 0.1) is 30.1 Å². The molecule has 0 unspecified atom stereocenters. The smallest absolute Gasteiger partial charge is 0.179 e. The average molecular weight is 505 g/mol. The molecule has 1 heterocycles. The molecule has 1 aliphatic heterocycles. The molecule has 184 valence electrons. The van der Waals surface area contributed by atoms with Gasteiger partial charge in [-0.25, -0.2) is 16.8 Å². The maximum atomic E-state index is 12.3. The Labute approximate surface area is 203 Å². The van der Waals surface area contributed by atoms with Crippen molar-refractivity contribution in [2.24, 2.45) is 11.8 Å². The van der Waals surface area contributed by atoms with E-state index in [0.717, 1.165) is 37.9 Å². The molecule has 9 heteroatoms. The molecule has 0 aliphatic carbocycles. The number of hydrogen-bond donors (Lipinski definition) is 0. The lowest BCUT2D eigenvalue weighted by atomic mass is 9.99. The summed E-state index contributed by atoms with van der Waals surface area (Å²) in [4.78, 5) is 2.52. The Hall–Kier alpha value is -2.41. The van der Waals surface area contributed by atoms with E-state index in [9.17, 15) is 22.1 Å². The van der Waals surface area contributed by atoms with Crippen molar-refractivity contribution in [2.45, 2.75) is 25.2 Å². The van der Waals surface area contributed by atoms with E-state index in [4.69, 9.17) is 4.74 Å². The SMILES string of the molecule is Cc1cc(C#N)cc(CCN2C[C@@H](COc3ccc(S(=O)(=O)CCS(C)(=O)=O)cc3)[C@H](C)C2)c1. The van der Waals surface area contributed by atoms with Crippen molar-refractivity contribution in [2.75, 3.05) is 44.0 Å². The van der Waals surface area contributed by atoms with Crippen molar-refractivity contribution in [1.82, 2.24) is 4.90 Å². The van der Waals surface area contributed by atoms with Crippen LogP contribution in [0.5, 0.6) is 5.75 Å². The van der Waals surface area contributed by atoms with E-state index in [0.29, 0.717) is 29.8 Å². The van der Waals surface area contributed by atoms with Crippen LogP contribution in [0.15, 0.2) is 47.4 Å². The minimum absolute atomic E-state index is 0.0969. The summed E-state index contributed by atoms with van der Waals surface area (Å²) in [6.45, 7) is 7.60. The van der Waals surface area contributed by atoms with Gasteiger partial charge in [0.1, 0.15) is 15.6 Å². The number of hydrogen-bond acceptors (Lipinski definition) is 7. The first-order chi connectivity index (χ1) is 15.9. The quantitative estimate of drug-likeness (QED) is 0.490. The molecule has 1 fully saturated rings. The molecule has 2 aromatic carbocycles. The molecule has 0 amide bonds. The summed E-state index contributed by atoms with van der Waals surface area (Å²) < 4.78 is 53.2. The molecule has 1 aliphatic rings. The molecule has 34 heavy (non-hydrogen) atoms. The van der Waals surface area contributed by atoms with Crippen LogP contribution < -0.4 is 4.74 Å². The van der Waals surface area contributed by atoms with E-state index < -0.39 is 31.2 Å². The van der Waals surface area contributed by atoms with Gasteiger partial charge in [-0.05, 0) is 66.8 Å². The Morgan fingerprint density at radius 3 is 2.41 bits per heavy atom. The van der Waals surface area contributed by atoms with E-state index in [1.54, 1.807) is 12.1 Å². The molecule has 0 N–H and O–H groups in total. The predicted octanol–water partition coefficient (Wildman–Crippen LogP) is 2.87.